The summed E-state index contributed by atoms with van der Waals surface area (Å²) < 4.78 is 37.3. The molecule has 2 aromatic rings. The van der Waals surface area contributed by atoms with E-state index in [-0.39, 0.29) is 10.7 Å². The quantitative estimate of drug-likeness (QED) is 0.524. The summed E-state index contributed by atoms with van der Waals surface area (Å²) in [5.74, 6) is 4.80. The monoisotopic (exact) mass is 321 g/mol. The first-order chi connectivity index (χ1) is 9.29. The van der Waals surface area contributed by atoms with Crippen LogP contribution in [0.2, 0.25) is 5.02 Å². The van der Waals surface area contributed by atoms with Crippen molar-refractivity contribution in [2.75, 3.05) is 5.01 Å². The van der Waals surface area contributed by atoms with Crippen LogP contribution in [-0.2, 0) is 6.18 Å². The van der Waals surface area contributed by atoms with E-state index in [4.69, 9.17) is 17.4 Å². The molecule has 1 aromatic carbocycles. The molecule has 1 amide bonds. The van der Waals surface area contributed by atoms with Crippen LogP contribution in [0.25, 0.3) is 0 Å². The van der Waals surface area contributed by atoms with Gasteiger partial charge in [-0.05, 0) is 18.2 Å². The number of hydrazine groups is 1. The predicted octanol–water partition coefficient (Wildman–Crippen LogP) is 3.34. The largest absolute Gasteiger partial charge is 0.434 e. The molecule has 0 unspecified atom stereocenters. The van der Waals surface area contributed by atoms with Gasteiger partial charge in [-0.1, -0.05) is 17.7 Å². The number of carbonyl (C=O) groups excluding carboxylic acids is 1. The minimum absolute atomic E-state index is 0.156. The van der Waals surface area contributed by atoms with Crippen LogP contribution in [0.15, 0.2) is 29.6 Å². The lowest BCUT2D eigenvalue weighted by atomic mass is 10.2. The molecule has 2 rings (SSSR count). The molecule has 4 nitrogen and oxygen atoms in total. The fourth-order valence-corrected chi connectivity index (χ4v) is 2.29. The number of aromatic nitrogens is 1. The van der Waals surface area contributed by atoms with E-state index >= 15 is 0 Å². The van der Waals surface area contributed by atoms with Crippen molar-refractivity contribution in [2.24, 2.45) is 5.84 Å². The minimum atomic E-state index is -4.57. The van der Waals surface area contributed by atoms with E-state index in [2.05, 4.69) is 4.98 Å². The minimum Gasteiger partial charge on any atom is -0.267 e. The third kappa shape index (κ3) is 3.09. The van der Waals surface area contributed by atoms with Crippen LogP contribution in [0, 0.1) is 0 Å². The number of benzene rings is 1. The molecular weight excluding hydrogens is 315 g/mol. The van der Waals surface area contributed by atoms with E-state index in [1.54, 1.807) is 6.07 Å². The van der Waals surface area contributed by atoms with Gasteiger partial charge < -0.3 is 0 Å². The second-order valence-electron chi connectivity index (χ2n) is 3.70. The van der Waals surface area contributed by atoms with Crippen molar-refractivity contribution in [3.05, 3.63) is 45.9 Å². The zero-order valence-electron chi connectivity index (χ0n) is 9.69. The number of thiazole rings is 1. The molecule has 0 fully saturated rings. The number of carbonyl (C=O) groups is 1. The first-order valence-corrected chi connectivity index (χ1v) is 6.42. The summed E-state index contributed by atoms with van der Waals surface area (Å²) in [6.07, 6.45) is -4.57. The Morgan fingerprint density at radius 3 is 2.65 bits per heavy atom. The molecule has 106 valence electrons. The number of alkyl halides is 3. The smallest absolute Gasteiger partial charge is 0.267 e. The van der Waals surface area contributed by atoms with Crippen LogP contribution in [0.3, 0.4) is 0 Å². The van der Waals surface area contributed by atoms with Crippen LogP contribution in [-0.4, -0.2) is 10.9 Å². The van der Waals surface area contributed by atoms with Crippen molar-refractivity contribution in [2.45, 2.75) is 6.18 Å². The Bertz CT molecular complexity index is 644. The number of hydrogen-bond acceptors (Lipinski definition) is 4. The normalized spacial score (nSPS) is 11.4. The molecule has 0 aliphatic rings. The fourth-order valence-electron chi connectivity index (χ4n) is 1.35. The zero-order valence-corrected chi connectivity index (χ0v) is 11.3. The number of anilines is 1. The van der Waals surface area contributed by atoms with Gasteiger partial charge in [0.1, 0.15) is 0 Å². The number of amides is 1. The molecule has 1 aromatic heterocycles. The van der Waals surface area contributed by atoms with Crippen molar-refractivity contribution in [3.8, 4) is 0 Å². The average molecular weight is 322 g/mol. The van der Waals surface area contributed by atoms with E-state index in [0.717, 1.165) is 5.38 Å². The molecule has 9 heteroatoms. The van der Waals surface area contributed by atoms with Gasteiger partial charge in [0.05, 0.1) is 0 Å². The molecule has 0 atom stereocenters. The van der Waals surface area contributed by atoms with Crippen molar-refractivity contribution in [1.82, 2.24) is 4.98 Å². The topological polar surface area (TPSA) is 59.2 Å². The lowest BCUT2D eigenvalue weighted by molar-refractivity contribution is -0.140. The highest BCUT2D eigenvalue weighted by Gasteiger charge is 2.34. The maximum absolute atomic E-state index is 12.4. The van der Waals surface area contributed by atoms with Gasteiger partial charge in [0, 0.05) is 16.0 Å². The van der Waals surface area contributed by atoms with Gasteiger partial charge in [-0.15, -0.1) is 11.3 Å². The molecular formula is C11H7ClF3N3OS. The number of halogens is 4. The van der Waals surface area contributed by atoms with Crippen LogP contribution in [0.5, 0.6) is 0 Å². The average Bonchev–Trinajstić information content (AvgIpc) is 2.86. The van der Waals surface area contributed by atoms with Crippen molar-refractivity contribution in [3.63, 3.8) is 0 Å². The maximum Gasteiger partial charge on any atom is 0.434 e. The molecule has 0 saturated heterocycles. The molecule has 0 aliphatic heterocycles. The Labute approximate surface area is 120 Å². The van der Waals surface area contributed by atoms with E-state index < -0.39 is 17.8 Å². The lowest BCUT2D eigenvalue weighted by Gasteiger charge is -2.13. The Morgan fingerprint density at radius 2 is 2.10 bits per heavy atom. The predicted molar refractivity (Wildman–Crippen MR) is 69.6 cm³/mol. The van der Waals surface area contributed by atoms with Crippen LogP contribution in [0.1, 0.15) is 16.1 Å². The highest BCUT2D eigenvalue weighted by molar-refractivity contribution is 7.14. The lowest BCUT2D eigenvalue weighted by Crippen LogP contribution is -2.37. The van der Waals surface area contributed by atoms with Crippen molar-refractivity contribution >= 4 is 34.0 Å². The third-order valence-corrected chi connectivity index (χ3v) is 3.35. The molecule has 20 heavy (non-hydrogen) atoms. The Morgan fingerprint density at radius 1 is 1.40 bits per heavy atom. The van der Waals surface area contributed by atoms with E-state index in [1.807, 2.05) is 0 Å². The van der Waals surface area contributed by atoms with Crippen molar-refractivity contribution < 1.29 is 18.0 Å². The SMILES string of the molecule is NN(C(=O)c1cccc(Cl)c1)c1nc(C(F)(F)F)cs1. The number of hydrogen-bond donors (Lipinski definition) is 1. The highest BCUT2D eigenvalue weighted by atomic mass is 35.5. The van der Waals surface area contributed by atoms with Crippen LogP contribution < -0.4 is 10.9 Å². The summed E-state index contributed by atoms with van der Waals surface area (Å²) in [4.78, 5) is 15.3. The molecule has 1 heterocycles. The zero-order chi connectivity index (χ0) is 14.9. The first kappa shape index (κ1) is 14.8. The second-order valence-corrected chi connectivity index (χ2v) is 4.97. The summed E-state index contributed by atoms with van der Waals surface area (Å²) in [5.41, 5.74) is -0.935. The van der Waals surface area contributed by atoms with Gasteiger partial charge >= 0.3 is 6.18 Å². The van der Waals surface area contributed by atoms with Crippen LogP contribution in [0.4, 0.5) is 18.3 Å². The third-order valence-electron chi connectivity index (χ3n) is 2.28. The van der Waals surface area contributed by atoms with Gasteiger partial charge in [0.15, 0.2) is 5.69 Å². The first-order valence-electron chi connectivity index (χ1n) is 5.16. The van der Waals surface area contributed by atoms with Gasteiger partial charge in [-0.25, -0.2) is 15.8 Å². The Hall–Kier alpha value is -1.64. The Kier molecular flexibility index (Phi) is 3.98. The summed E-state index contributed by atoms with van der Waals surface area (Å²) >= 11 is 6.36. The summed E-state index contributed by atoms with van der Waals surface area (Å²) in [7, 11) is 0. The number of nitrogens with zero attached hydrogens (tertiary/aromatic N) is 2. The van der Waals surface area contributed by atoms with Gasteiger partial charge in [0.25, 0.3) is 5.91 Å². The van der Waals surface area contributed by atoms with Gasteiger partial charge in [-0.3, -0.25) is 4.79 Å². The van der Waals surface area contributed by atoms with Crippen LogP contribution >= 0.6 is 22.9 Å². The molecule has 0 bridgehead atoms. The van der Waals surface area contributed by atoms with E-state index in [9.17, 15) is 18.0 Å². The highest BCUT2D eigenvalue weighted by Crippen LogP contribution is 2.32. The van der Waals surface area contributed by atoms with Gasteiger partial charge in [-0.2, -0.15) is 13.2 Å². The Balaban J connectivity index is 2.25. The second kappa shape index (κ2) is 5.39. The number of rotatable bonds is 2. The summed E-state index contributed by atoms with van der Waals surface area (Å²) in [6, 6.07) is 5.91. The summed E-state index contributed by atoms with van der Waals surface area (Å²) in [5, 5.41) is 1.42. The van der Waals surface area contributed by atoms with E-state index in [0.29, 0.717) is 21.4 Å². The van der Waals surface area contributed by atoms with Crippen molar-refractivity contribution in [1.29, 1.82) is 0 Å². The molecule has 0 aliphatic carbocycles. The van der Waals surface area contributed by atoms with E-state index in [1.165, 1.54) is 18.2 Å². The molecule has 0 spiro atoms. The standard InChI is InChI=1S/C11H7ClF3N3OS/c12-7-3-1-2-6(4-7)9(19)18(16)10-17-8(5-20-10)11(13,14)15/h1-5H,16H2. The molecule has 0 saturated carbocycles. The molecule has 0 radical (unpaired) electrons. The molecule has 2 N–H and O–H groups in total. The van der Waals surface area contributed by atoms with Gasteiger partial charge in [0.2, 0.25) is 5.13 Å². The fraction of sp³-hybridized carbons (Fsp3) is 0.0909. The summed E-state index contributed by atoms with van der Waals surface area (Å²) in [6.45, 7) is 0. The maximum atomic E-state index is 12.4. The number of nitrogens with two attached hydrogens (primary N) is 1.